The van der Waals surface area contributed by atoms with Crippen molar-refractivity contribution in [2.24, 2.45) is 0 Å². The molecule has 0 aliphatic carbocycles. The van der Waals surface area contributed by atoms with E-state index in [9.17, 15) is 22.8 Å². The normalized spacial score (nSPS) is 20.6. The number of carbonyl (C=O) groups excluding carboxylic acids is 2. The first-order valence-corrected chi connectivity index (χ1v) is 10.9. The largest absolute Gasteiger partial charge is 0.464 e. The Labute approximate surface area is 178 Å². The number of piperidine rings is 1. The zero-order valence-corrected chi connectivity index (χ0v) is 17.2. The van der Waals surface area contributed by atoms with E-state index in [0.29, 0.717) is 19.4 Å². The zero-order chi connectivity index (χ0) is 22.4. The van der Waals surface area contributed by atoms with Crippen molar-refractivity contribution in [1.82, 2.24) is 24.9 Å². The molecule has 14 heteroatoms. The minimum atomic E-state index is -4.21. The van der Waals surface area contributed by atoms with Crippen LogP contribution in [0.4, 0.5) is 9.59 Å². The molecule has 4 N–H and O–H groups in total. The summed E-state index contributed by atoms with van der Waals surface area (Å²) in [6.07, 6.45) is -0.726. The molecule has 1 aromatic rings. The number of carbonyl (C=O) groups is 3. The van der Waals surface area contributed by atoms with Crippen molar-refractivity contribution in [2.45, 2.75) is 31.5 Å². The van der Waals surface area contributed by atoms with Gasteiger partial charge >= 0.3 is 22.3 Å². The second-order valence-electron chi connectivity index (χ2n) is 6.89. The van der Waals surface area contributed by atoms with Crippen LogP contribution in [-0.4, -0.2) is 73.3 Å². The molecule has 2 heterocycles. The molecule has 2 aliphatic heterocycles. The number of benzene rings is 1. The van der Waals surface area contributed by atoms with E-state index >= 15 is 0 Å². The van der Waals surface area contributed by atoms with Crippen molar-refractivity contribution >= 4 is 28.2 Å². The number of carboxylic acid groups (broad SMARTS) is 1. The number of hydrogen-bond donors (Lipinski definition) is 4. The standard InChI is InChI=1S/C17H23N5O8S/c23-15(19-29-9-8-18-31(27,28)20-16(24)25)14-7-6-13-10-21(14)17(26)22(13)30-11-12-4-2-1-3-5-12/h1-5,13-14,18,20H,6-11H2,(H,19,23)(H,24,25)/t13-,14+/m1/s1. The average molecular weight is 457 g/mol. The van der Waals surface area contributed by atoms with Gasteiger partial charge in [-0.1, -0.05) is 30.3 Å². The number of hydroxylamine groups is 3. The molecule has 2 fully saturated rings. The molecular weight excluding hydrogens is 434 g/mol. The Bertz CT molecular complexity index is 912. The van der Waals surface area contributed by atoms with Crippen molar-refractivity contribution in [3.05, 3.63) is 35.9 Å². The van der Waals surface area contributed by atoms with E-state index in [1.807, 2.05) is 35.1 Å². The van der Waals surface area contributed by atoms with Crippen LogP contribution in [0.2, 0.25) is 0 Å². The average Bonchev–Trinajstić information content (AvgIpc) is 2.95. The smallest absolute Gasteiger partial charge is 0.419 e. The van der Waals surface area contributed by atoms with Gasteiger partial charge in [0.05, 0.1) is 12.6 Å². The maximum Gasteiger partial charge on any atom is 0.419 e. The lowest BCUT2D eigenvalue weighted by molar-refractivity contribution is -0.141. The molecular formula is C17H23N5O8S. The van der Waals surface area contributed by atoms with Crippen LogP contribution in [0.3, 0.4) is 0 Å². The number of nitrogens with one attached hydrogen (secondary N) is 3. The third-order valence-corrected chi connectivity index (χ3v) is 5.76. The Kier molecular flexibility index (Phi) is 7.27. The first-order valence-electron chi connectivity index (χ1n) is 9.45. The summed E-state index contributed by atoms with van der Waals surface area (Å²) in [6, 6.07) is 8.14. The molecule has 0 spiro atoms. The molecule has 4 amide bonds. The fraction of sp³-hybridized carbons (Fsp3) is 0.471. The fourth-order valence-corrected chi connectivity index (χ4v) is 4.01. The maximum absolute atomic E-state index is 12.7. The van der Waals surface area contributed by atoms with Crippen LogP contribution in [0, 0.1) is 0 Å². The Hall–Kier alpha value is -2.94. The number of nitrogens with zero attached hydrogens (tertiary/aromatic N) is 2. The second kappa shape index (κ2) is 9.91. The third kappa shape index (κ3) is 6.04. The van der Waals surface area contributed by atoms with Crippen molar-refractivity contribution < 1.29 is 37.6 Å². The highest BCUT2D eigenvalue weighted by molar-refractivity contribution is 7.88. The van der Waals surface area contributed by atoms with Crippen LogP contribution in [0.25, 0.3) is 0 Å². The molecule has 13 nitrogen and oxygen atoms in total. The Morgan fingerprint density at radius 2 is 1.94 bits per heavy atom. The van der Waals surface area contributed by atoms with Crippen LogP contribution >= 0.6 is 0 Å². The van der Waals surface area contributed by atoms with Crippen LogP contribution in [0.1, 0.15) is 18.4 Å². The summed E-state index contributed by atoms with van der Waals surface area (Å²) in [6.45, 7) is 0.0666. The monoisotopic (exact) mass is 457 g/mol. The van der Waals surface area contributed by atoms with Gasteiger partial charge in [-0.2, -0.15) is 18.2 Å². The summed E-state index contributed by atoms with van der Waals surface area (Å²) in [4.78, 5) is 47.4. The molecule has 0 radical (unpaired) electrons. The predicted molar refractivity (Wildman–Crippen MR) is 104 cm³/mol. The lowest BCUT2D eigenvalue weighted by Crippen LogP contribution is -2.50. The van der Waals surface area contributed by atoms with Gasteiger partial charge in [0.25, 0.3) is 5.91 Å². The SMILES string of the molecule is O=C(O)NS(=O)(=O)NCCONC(=O)[C@@H]1CC[C@@H]2CN1C(=O)N2OCc1ccccc1. The topological polar surface area (TPSA) is 167 Å². The highest BCUT2D eigenvalue weighted by Gasteiger charge is 2.48. The maximum atomic E-state index is 12.7. The van der Waals surface area contributed by atoms with E-state index in [2.05, 4.69) is 5.48 Å². The van der Waals surface area contributed by atoms with Gasteiger partial charge in [-0.05, 0) is 18.4 Å². The molecule has 1 aromatic carbocycles. The van der Waals surface area contributed by atoms with Crippen molar-refractivity contribution in [3.8, 4) is 0 Å². The van der Waals surface area contributed by atoms with Crippen molar-refractivity contribution in [2.75, 3.05) is 19.7 Å². The van der Waals surface area contributed by atoms with E-state index in [0.717, 1.165) is 5.56 Å². The number of urea groups is 1. The molecule has 31 heavy (non-hydrogen) atoms. The summed E-state index contributed by atoms with van der Waals surface area (Å²) in [7, 11) is -4.21. The minimum Gasteiger partial charge on any atom is -0.464 e. The Morgan fingerprint density at radius 3 is 2.65 bits per heavy atom. The molecule has 0 unspecified atom stereocenters. The van der Waals surface area contributed by atoms with Crippen LogP contribution in [0.15, 0.2) is 30.3 Å². The Balaban J connectivity index is 1.43. The lowest BCUT2D eigenvalue weighted by Gasteiger charge is -2.28. The molecule has 170 valence electrons. The number of hydrogen-bond acceptors (Lipinski definition) is 7. The lowest BCUT2D eigenvalue weighted by atomic mass is 10.0. The third-order valence-electron chi connectivity index (χ3n) is 4.73. The number of rotatable bonds is 10. The van der Waals surface area contributed by atoms with E-state index in [-0.39, 0.29) is 25.8 Å². The van der Waals surface area contributed by atoms with Gasteiger partial charge in [-0.25, -0.2) is 19.8 Å². The van der Waals surface area contributed by atoms with Gasteiger partial charge in [-0.15, -0.1) is 0 Å². The molecule has 2 atom stereocenters. The van der Waals surface area contributed by atoms with Crippen LogP contribution in [0.5, 0.6) is 0 Å². The van der Waals surface area contributed by atoms with Crippen LogP contribution in [-0.2, 0) is 31.3 Å². The van der Waals surface area contributed by atoms with Gasteiger partial charge in [0.1, 0.15) is 12.6 Å². The molecule has 2 saturated heterocycles. The van der Waals surface area contributed by atoms with Gasteiger partial charge in [0.2, 0.25) is 0 Å². The van der Waals surface area contributed by atoms with E-state index in [1.165, 1.54) is 14.7 Å². The van der Waals surface area contributed by atoms with Crippen molar-refractivity contribution in [1.29, 1.82) is 0 Å². The summed E-state index contributed by atoms with van der Waals surface area (Å²) >= 11 is 0. The first kappa shape index (κ1) is 22.7. The van der Waals surface area contributed by atoms with Gasteiger partial charge in [-0.3, -0.25) is 14.5 Å². The molecule has 2 aliphatic rings. The summed E-state index contributed by atoms with van der Waals surface area (Å²) in [5, 5.41) is 9.70. The molecule has 0 aromatic heterocycles. The van der Waals surface area contributed by atoms with Gasteiger partial charge in [0.15, 0.2) is 0 Å². The second-order valence-corrected chi connectivity index (χ2v) is 8.39. The molecule has 2 bridgehead atoms. The summed E-state index contributed by atoms with van der Waals surface area (Å²) in [5.41, 5.74) is 3.11. The highest BCUT2D eigenvalue weighted by atomic mass is 32.2. The highest BCUT2D eigenvalue weighted by Crippen LogP contribution is 2.30. The van der Waals surface area contributed by atoms with Gasteiger partial charge in [0, 0.05) is 13.1 Å². The van der Waals surface area contributed by atoms with E-state index in [1.54, 1.807) is 0 Å². The Morgan fingerprint density at radius 1 is 1.19 bits per heavy atom. The molecule has 0 saturated carbocycles. The zero-order valence-electron chi connectivity index (χ0n) is 16.4. The summed E-state index contributed by atoms with van der Waals surface area (Å²) in [5.74, 6) is -0.539. The fourth-order valence-electron chi connectivity index (χ4n) is 3.36. The molecule has 3 rings (SSSR count). The van der Waals surface area contributed by atoms with Gasteiger partial charge < -0.3 is 10.0 Å². The van der Waals surface area contributed by atoms with E-state index in [4.69, 9.17) is 14.8 Å². The quantitative estimate of drug-likeness (QED) is 0.270. The number of amides is 4. The summed E-state index contributed by atoms with van der Waals surface area (Å²) < 4.78 is 25.8. The minimum absolute atomic E-state index is 0.141. The van der Waals surface area contributed by atoms with E-state index < -0.39 is 34.3 Å². The van der Waals surface area contributed by atoms with Crippen molar-refractivity contribution in [3.63, 3.8) is 0 Å². The first-order chi connectivity index (χ1) is 14.8. The predicted octanol–water partition coefficient (Wildman–Crippen LogP) is -0.463. The van der Waals surface area contributed by atoms with Crippen LogP contribution < -0.4 is 14.9 Å². The number of fused-ring (bicyclic) bond motifs is 2.